The Bertz CT molecular complexity index is 590. The molecule has 2 aromatic carbocycles. The number of hydrogen-bond donors (Lipinski definition) is 1. The minimum Gasteiger partial charge on any atom is -0.480 e. The second kappa shape index (κ2) is 4.65. The molecular weight excluding hydrogens is 244 g/mol. The highest BCUT2D eigenvalue weighted by atomic mass is 32.2. The Morgan fingerprint density at radius 1 is 1.17 bits per heavy atom. The maximum atomic E-state index is 11.2. The summed E-state index contributed by atoms with van der Waals surface area (Å²) in [7, 11) is 0. The molecular formula is C15H14O2S. The zero-order valence-electron chi connectivity index (χ0n) is 9.87. The molecule has 0 bridgehead atoms. The van der Waals surface area contributed by atoms with Crippen molar-refractivity contribution in [1.29, 1.82) is 0 Å². The van der Waals surface area contributed by atoms with Gasteiger partial charge in [0.1, 0.15) is 5.25 Å². The second-order valence-electron chi connectivity index (χ2n) is 4.72. The molecule has 1 saturated carbocycles. The zero-order valence-corrected chi connectivity index (χ0v) is 10.7. The average molecular weight is 258 g/mol. The highest BCUT2D eigenvalue weighted by Crippen LogP contribution is 2.42. The van der Waals surface area contributed by atoms with Crippen molar-refractivity contribution in [3.63, 3.8) is 0 Å². The third kappa shape index (κ3) is 2.36. The molecule has 1 aliphatic carbocycles. The Morgan fingerprint density at radius 2 is 1.89 bits per heavy atom. The van der Waals surface area contributed by atoms with Gasteiger partial charge in [-0.2, -0.15) is 0 Å². The maximum Gasteiger partial charge on any atom is 0.317 e. The number of rotatable bonds is 4. The first-order chi connectivity index (χ1) is 8.74. The number of hydrogen-bond acceptors (Lipinski definition) is 2. The highest BCUT2D eigenvalue weighted by Gasteiger charge is 2.36. The monoisotopic (exact) mass is 258 g/mol. The van der Waals surface area contributed by atoms with Crippen molar-refractivity contribution in [2.45, 2.75) is 23.0 Å². The summed E-state index contributed by atoms with van der Waals surface area (Å²) in [5.41, 5.74) is 0. The first-order valence-electron chi connectivity index (χ1n) is 6.12. The topological polar surface area (TPSA) is 37.3 Å². The lowest BCUT2D eigenvalue weighted by Gasteiger charge is -2.11. The van der Waals surface area contributed by atoms with E-state index in [0.29, 0.717) is 5.92 Å². The number of carboxylic acids is 1. The molecule has 92 valence electrons. The van der Waals surface area contributed by atoms with Crippen molar-refractivity contribution in [3.05, 3.63) is 42.5 Å². The lowest BCUT2D eigenvalue weighted by atomic mass is 10.1. The molecule has 2 nitrogen and oxygen atoms in total. The van der Waals surface area contributed by atoms with Crippen LogP contribution in [0.2, 0.25) is 0 Å². The normalized spacial score (nSPS) is 16.7. The van der Waals surface area contributed by atoms with Gasteiger partial charge in [-0.05, 0) is 41.7 Å². The number of thioether (sulfide) groups is 1. The first kappa shape index (κ1) is 11.6. The van der Waals surface area contributed by atoms with E-state index in [1.54, 1.807) is 0 Å². The Labute approximate surface area is 110 Å². The fraction of sp³-hybridized carbons (Fsp3) is 0.267. The molecule has 1 N–H and O–H groups in total. The molecule has 1 fully saturated rings. The Balaban J connectivity index is 1.87. The van der Waals surface area contributed by atoms with Crippen LogP contribution in [-0.2, 0) is 4.79 Å². The molecule has 0 aromatic heterocycles. The quantitative estimate of drug-likeness (QED) is 0.848. The van der Waals surface area contributed by atoms with Gasteiger partial charge in [-0.3, -0.25) is 4.79 Å². The summed E-state index contributed by atoms with van der Waals surface area (Å²) in [5, 5.41) is 11.3. The molecule has 1 atom stereocenters. The van der Waals surface area contributed by atoms with Crippen molar-refractivity contribution < 1.29 is 9.90 Å². The summed E-state index contributed by atoms with van der Waals surface area (Å²) < 4.78 is 0. The van der Waals surface area contributed by atoms with Crippen LogP contribution in [0.25, 0.3) is 10.8 Å². The summed E-state index contributed by atoms with van der Waals surface area (Å²) in [6, 6.07) is 14.3. The molecule has 0 spiro atoms. The Morgan fingerprint density at radius 3 is 2.56 bits per heavy atom. The van der Waals surface area contributed by atoms with Crippen LogP contribution in [0.5, 0.6) is 0 Å². The van der Waals surface area contributed by atoms with Gasteiger partial charge in [-0.1, -0.05) is 30.3 Å². The van der Waals surface area contributed by atoms with Gasteiger partial charge in [0.25, 0.3) is 0 Å². The van der Waals surface area contributed by atoms with E-state index in [2.05, 4.69) is 24.3 Å². The van der Waals surface area contributed by atoms with Gasteiger partial charge in [-0.15, -0.1) is 11.8 Å². The molecule has 0 aliphatic heterocycles. The lowest BCUT2D eigenvalue weighted by Crippen LogP contribution is -2.18. The molecule has 3 rings (SSSR count). The predicted octanol–water partition coefficient (Wildman–Crippen LogP) is 3.80. The van der Waals surface area contributed by atoms with E-state index >= 15 is 0 Å². The molecule has 0 radical (unpaired) electrons. The zero-order chi connectivity index (χ0) is 12.5. The second-order valence-corrected chi connectivity index (χ2v) is 5.94. The number of carboxylic acid groups (broad SMARTS) is 1. The summed E-state index contributed by atoms with van der Waals surface area (Å²) in [6.07, 6.45) is 2.11. The third-order valence-corrected chi connectivity index (χ3v) is 4.64. The van der Waals surface area contributed by atoms with E-state index in [0.717, 1.165) is 17.7 Å². The van der Waals surface area contributed by atoms with E-state index in [1.807, 2.05) is 18.2 Å². The molecule has 0 heterocycles. The van der Waals surface area contributed by atoms with Crippen LogP contribution in [0.15, 0.2) is 47.4 Å². The van der Waals surface area contributed by atoms with Gasteiger partial charge in [-0.25, -0.2) is 0 Å². The van der Waals surface area contributed by atoms with Crippen LogP contribution in [0, 0.1) is 5.92 Å². The van der Waals surface area contributed by atoms with E-state index in [9.17, 15) is 9.90 Å². The van der Waals surface area contributed by atoms with E-state index < -0.39 is 5.97 Å². The van der Waals surface area contributed by atoms with Crippen molar-refractivity contribution in [1.82, 2.24) is 0 Å². The highest BCUT2D eigenvalue weighted by molar-refractivity contribution is 8.00. The van der Waals surface area contributed by atoms with E-state index in [-0.39, 0.29) is 5.25 Å². The first-order valence-corrected chi connectivity index (χ1v) is 7.00. The molecule has 2 aromatic rings. The summed E-state index contributed by atoms with van der Waals surface area (Å²) >= 11 is 1.48. The van der Waals surface area contributed by atoms with Crippen LogP contribution in [0.3, 0.4) is 0 Å². The van der Waals surface area contributed by atoms with Gasteiger partial charge in [0, 0.05) is 4.90 Å². The maximum absolute atomic E-state index is 11.2. The van der Waals surface area contributed by atoms with Crippen molar-refractivity contribution in [3.8, 4) is 0 Å². The van der Waals surface area contributed by atoms with Crippen molar-refractivity contribution >= 4 is 28.5 Å². The molecule has 3 heteroatoms. The minimum absolute atomic E-state index is 0.286. The fourth-order valence-electron chi connectivity index (χ4n) is 2.13. The number of aliphatic carboxylic acids is 1. The van der Waals surface area contributed by atoms with Crippen LogP contribution >= 0.6 is 11.8 Å². The van der Waals surface area contributed by atoms with Crippen molar-refractivity contribution in [2.75, 3.05) is 0 Å². The largest absolute Gasteiger partial charge is 0.480 e. The van der Waals surface area contributed by atoms with Gasteiger partial charge in [0.05, 0.1) is 0 Å². The van der Waals surface area contributed by atoms with Crippen LogP contribution in [-0.4, -0.2) is 16.3 Å². The SMILES string of the molecule is O=C(O)C(Sc1ccc2ccccc2c1)C1CC1. The smallest absolute Gasteiger partial charge is 0.317 e. The fourth-order valence-corrected chi connectivity index (χ4v) is 3.33. The van der Waals surface area contributed by atoms with Gasteiger partial charge in [0.15, 0.2) is 0 Å². The summed E-state index contributed by atoms with van der Waals surface area (Å²) in [6.45, 7) is 0. The molecule has 0 saturated heterocycles. The number of carbonyl (C=O) groups is 1. The lowest BCUT2D eigenvalue weighted by molar-refractivity contribution is -0.136. The minimum atomic E-state index is -0.685. The predicted molar refractivity (Wildman–Crippen MR) is 74.0 cm³/mol. The standard InChI is InChI=1S/C15H14O2S/c16-15(17)14(11-5-6-11)18-13-8-7-10-3-1-2-4-12(10)9-13/h1-4,7-9,11,14H,5-6H2,(H,16,17). The van der Waals surface area contributed by atoms with Crippen LogP contribution < -0.4 is 0 Å². The van der Waals surface area contributed by atoms with E-state index in [4.69, 9.17) is 0 Å². The van der Waals surface area contributed by atoms with Gasteiger partial charge < -0.3 is 5.11 Å². The number of fused-ring (bicyclic) bond motifs is 1. The molecule has 1 unspecified atom stereocenters. The van der Waals surface area contributed by atoms with Crippen molar-refractivity contribution in [2.24, 2.45) is 5.92 Å². The summed E-state index contributed by atoms with van der Waals surface area (Å²) in [4.78, 5) is 12.3. The van der Waals surface area contributed by atoms with Gasteiger partial charge >= 0.3 is 5.97 Å². The Hall–Kier alpha value is -1.48. The molecule has 1 aliphatic rings. The van der Waals surface area contributed by atoms with Crippen LogP contribution in [0.4, 0.5) is 0 Å². The average Bonchev–Trinajstić information content (AvgIpc) is 3.19. The van der Waals surface area contributed by atoms with Crippen LogP contribution in [0.1, 0.15) is 12.8 Å². The molecule has 0 amide bonds. The van der Waals surface area contributed by atoms with E-state index in [1.165, 1.54) is 22.5 Å². The number of benzene rings is 2. The Kier molecular flexibility index (Phi) is 3.00. The van der Waals surface area contributed by atoms with Gasteiger partial charge in [0.2, 0.25) is 0 Å². The summed E-state index contributed by atoms with van der Waals surface area (Å²) in [5.74, 6) is -0.324. The molecule has 18 heavy (non-hydrogen) atoms. The third-order valence-electron chi connectivity index (χ3n) is 3.28.